The molecule has 1 aromatic heterocycles. The summed E-state index contributed by atoms with van der Waals surface area (Å²) >= 11 is 6.84. The van der Waals surface area contributed by atoms with Gasteiger partial charge in [0.1, 0.15) is 5.75 Å². The van der Waals surface area contributed by atoms with Gasteiger partial charge < -0.3 is 9.47 Å². The highest BCUT2D eigenvalue weighted by atomic mass is 35.5. The number of thiazole rings is 1. The zero-order chi connectivity index (χ0) is 29.5. The van der Waals surface area contributed by atoms with E-state index in [9.17, 15) is 22.8 Å². The molecule has 41 heavy (non-hydrogen) atoms. The average molecular weight is 601 g/mol. The van der Waals surface area contributed by atoms with Crippen LogP contribution in [0.15, 0.2) is 81.7 Å². The number of fused-ring (bicyclic) bond motifs is 2. The molecule has 0 amide bonds. The first-order chi connectivity index (χ1) is 19.5. The largest absolute Gasteiger partial charge is 0.490 e. The number of carbonyl (C=O) groups excluding carboxylic acids is 1. The van der Waals surface area contributed by atoms with Gasteiger partial charge in [-0.15, -0.1) is 0 Å². The zero-order valence-electron chi connectivity index (χ0n) is 22.2. The van der Waals surface area contributed by atoms with Crippen LogP contribution in [-0.2, 0) is 9.53 Å². The summed E-state index contributed by atoms with van der Waals surface area (Å²) in [4.78, 5) is 30.6. The molecule has 0 fully saturated rings. The fourth-order valence-corrected chi connectivity index (χ4v) is 5.82. The number of hydrogen-bond donors (Lipinski definition) is 0. The number of benzene rings is 3. The van der Waals surface area contributed by atoms with Crippen LogP contribution in [0.4, 0.5) is 13.2 Å². The third-order valence-electron chi connectivity index (χ3n) is 6.35. The van der Waals surface area contributed by atoms with E-state index in [1.165, 1.54) is 31.2 Å². The van der Waals surface area contributed by atoms with Gasteiger partial charge in [0.2, 0.25) is 0 Å². The van der Waals surface area contributed by atoms with Crippen molar-refractivity contribution >= 4 is 45.8 Å². The summed E-state index contributed by atoms with van der Waals surface area (Å²) in [5, 5.41) is 2.03. The lowest BCUT2D eigenvalue weighted by molar-refractivity contribution is -0.140. The maximum absolute atomic E-state index is 14.4. The maximum atomic E-state index is 14.4. The Labute approximate surface area is 241 Å². The lowest BCUT2D eigenvalue weighted by Crippen LogP contribution is -2.41. The third-order valence-corrected chi connectivity index (χ3v) is 7.58. The molecule has 11 heteroatoms. The minimum absolute atomic E-state index is 0.124. The Balaban J connectivity index is 1.84. The number of nitrogens with zero attached hydrogens (tertiary/aromatic N) is 2. The van der Waals surface area contributed by atoms with Gasteiger partial charge in [-0.05, 0) is 61.4 Å². The summed E-state index contributed by atoms with van der Waals surface area (Å²) in [6, 6.07) is 15.7. The number of allylic oxidation sites excluding steroid dienone is 1. The fraction of sp³-hybridized carbons (Fsp3) is 0.233. The Hall–Kier alpha value is -3.89. The van der Waals surface area contributed by atoms with Gasteiger partial charge in [-0.2, -0.15) is 13.2 Å². The molecule has 0 saturated heterocycles. The van der Waals surface area contributed by atoms with Crippen molar-refractivity contribution in [1.29, 1.82) is 0 Å². The van der Waals surface area contributed by atoms with Crippen molar-refractivity contribution in [3.8, 4) is 5.75 Å². The Morgan fingerprint density at radius 1 is 1.12 bits per heavy atom. The van der Waals surface area contributed by atoms with E-state index in [-0.39, 0.29) is 27.6 Å². The normalized spacial score (nSPS) is 15.7. The fourth-order valence-electron chi connectivity index (χ4n) is 4.71. The molecule has 1 aliphatic heterocycles. The van der Waals surface area contributed by atoms with Crippen LogP contribution >= 0.6 is 22.9 Å². The van der Waals surface area contributed by atoms with Gasteiger partial charge in [-0.3, -0.25) is 9.36 Å². The van der Waals surface area contributed by atoms with Crippen LogP contribution < -0.4 is 19.6 Å². The number of esters is 1. The topological polar surface area (TPSA) is 69.9 Å². The van der Waals surface area contributed by atoms with Crippen LogP contribution in [0.25, 0.3) is 16.8 Å². The summed E-state index contributed by atoms with van der Waals surface area (Å²) in [6.45, 7) is 5.06. The van der Waals surface area contributed by atoms with Crippen molar-refractivity contribution in [3.63, 3.8) is 0 Å². The molecule has 5 rings (SSSR count). The first kappa shape index (κ1) is 28.6. The number of carbonyl (C=O) groups is 1. The van der Waals surface area contributed by atoms with E-state index in [2.05, 4.69) is 4.99 Å². The zero-order valence-corrected chi connectivity index (χ0v) is 23.7. The van der Waals surface area contributed by atoms with E-state index < -0.39 is 35.0 Å². The molecular weight excluding hydrogens is 577 g/mol. The van der Waals surface area contributed by atoms with Crippen LogP contribution in [0.2, 0.25) is 5.02 Å². The molecular formula is C30H24ClF3N2O4S. The van der Waals surface area contributed by atoms with E-state index in [1.807, 2.05) is 44.2 Å². The molecule has 0 spiro atoms. The maximum Gasteiger partial charge on any atom is 0.434 e. The Kier molecular flexibility index (Phi) is 7.80. The van der Waals surface area contributed by atoms with Crippen LogP contribution in [0.1, 0.15) is 37.9 Å². The van der Waals surface area contributed by atoms with E-state index in [0.29, 0.717) is 16.3 Å². The molecule has 0 bridgehead atoms. The summed E-state index contributed by atoms with van der Waals surface area (Å²) < 4.78 is 55.3. The number of rotatable bonds is 6. The van der Waals surface area contributed by atoms with E-state index in [4.69, 9.17) is 21.1 Å². The molecule has 0 saturated carbocycles. The standard InChI is InChI=1S/C30H24ClF3N2O4S/c1-4-39-28(38)24-25(18-9-12-19(31)13-10-18)36-27(37)23(41-29(36)35-26(24)30(32,33)34)15-21-20-8-6-5-7-17(20)11-14-22(21)40-16(2)3/h5-16,25H,4H2,1-3H3/b23-15-/t25-/m1/s1. The number of halogens is 4. The Bertz CT molecular complexity index is 1860. The van der Waals surface area contributed by atoms with Crippen LogP contribution in [0.5, 0.6) is 5.75 Å². The second kappa shape index (κ2) is 11.2. The minimum Gasteiger partial charge on any atom is -0.490 e. The Morgan fingerprint density at radius 2 is 1.83 bits per heavy atom. The van der Waals surface area contributed by atoms with Gasteiger partial charge >= 0.3 is 12.1 Å². The van der Waals surface area contributed by atoms with Gasteiger partial charge in [0.05, 0.1) is 28.9 Å². The second-order valence-corrected chi connectivity index (χ2v) is 10.9. The highest BCUT2D eigenvalue weighted by Crippen LogP contribution is 2.38. The van der Waals surface area contributed by atoms with Crippen molar-refractivity contribution in [2.75, 3.05) is 6.61 Å². The summed E-state index contributed by atoms with van der Waals surface area (Å²) in [7, 11) is 0. The summed E-state index contributed by atoms with van der Waals surface area (Å²) in [5.74, 6) is -0.693. The predicted molar refractivity (Wildman–Crippen MR) is 152 cm³/mol. The van der Waals surface area contributed by atoms with Gasteiger partial charge in [-0.25, -0.2) is 9.79 Å². The van der Waals surface area contributed by atoms with Crippen molar-refractivity contribution in [1.82, 2.24) is 4.57 Å². The number of aromatic nitrogens is 1. The molecule has 0 aliphatic carbocycles. The van der Waals surface area contributed by atoms with Crippen molar-refractivity contribution in [2.24, 2.45) is 4.99 Å². The smallest absolute Gasteiger partial charge is 0.434 e. The second-order valence-electron chi connectivity index (χ2n) is 9.48. The molecule has 6 nitrogen and oxygen atoms in total. The predicted octanol–water partition coefficient (Wildman–Crippen LogP) is 5.93. The van der Waals surface area contributed by atoms with Crippen molar-refractivity contribution < 1.29 is 27.4 Å². The molecule has 2 heterocycles. The number of alkyl halides is 3. The SMILES string of the molecule is CCOC(=O)C1=C(C(F)(F)F)N=c2s/c(=C\c3c(OC(C)C)ccc4ccccc34)c(=O)n2[C@@H]1c1ccc(Cl)cc1. The van der Waals surface area contributed by atoms with Gasteiger partial charge in [0.15, 0.2) is 10.5 Å². The van der Waals surface area contributed by atoms with Crippen LogP contribution in [0, 0.1) is 0 Å². The molecule has 0 unspecified atom stereocenters. The highest BCUT2D eigenvalue weighted by molar-refractivity contribution is 7.07. The van der Waals surface area contributed by atoms with Crippen LogP contribution in [-0.4, -0.2) is 29.4 Å². The number of hydrogen-bond acceptors (Lipinski definition) is 6. The molecule has 0 N–H and O–H groups in total. The lowest BCUT2D eigenvalue weighted by Gasteiger charge is -2.26. The molecule has 0 radical (unpaired) electrons. The van der Waals surface area contributed by atoms with Gasteiger partial charge in [-0.1, -0.05) is 65.4 Å². The van der Waals surface area contributed by atoms with Gasteiger partial charge in [0.25, 0.3) is 5.56 Å². The molecule has 212 valence electrons. The first-order valence-corrected chi connectivity index (χ1v) is 13.9. The molecule has 3 aromatic carbocycles. The monoisotopic (exact) mass is 600 g/mol. The van der Waals surface area contributed by atoms with Crippen molar-refractivity contribution in [3.05, 3.63) is 108 Å². The molecule has 1 aliphatic rings. The van der Waals surface area contributed by atoms with Crippen molar-refractivity contribution in [2.45, 2.75) is 39.1 Å². The summed E-state index contributed by atoms with van der Waals surface area (Å²) in [6.07, 6.45) is -3.56. The van der Waals surface area contributed by atoms with Gasteiger partial charge in [0, 0.05) is 10.6 Å². The molecule has 4 aromatic rings. The van der Waals surface area contributed by atoms with E-state index in [0.717, 1.165) is 26.7 Å². The average Bonchev–Trinajstić information content (AvgIpc) is 3.23. The summed E-state index contributed by atoms with van der Waals surface area (Å²) in [5.41, 5.74) is -1.94. The number of ether oxygens (including phenoxy) is 2. The molecule has 1 atom stereocenters. The Morgan fingerprint density at radius 3 is 2.49 bits per heavy atom. The van der Waals surface area contributed by atoms with Crippen LogP contribution in [0.3, 0.4) is 0 Å². The third kappa shape index (κ3) is 5.54. The quantitative estimate of drug-likeness (QED) is 0.257. The first-order valence-electron chi connectivity index (χ1n) is 12.7. The lowest BCUT2D eigenvalue weighted by atomic mass is 9.95. The van der Waals surface area contributed by atoms with E-state index >= 15 is 0 Å². The highest BCUT2D eigenvalue weighted by Gasteiger charge is 2.45. The minimum atomic E-state index is -4.99. The van der Waals surface area contributed by atoms with E-state index in [1.54, 1.807) is 12.1 Å².